The highest BCUT2D eigenvalue weighted by Crippen LogP contribution is 2.38. The first-order chi connectivity index (χ1) is 29.2. The Labute approximate surface area is 354 Å². The molecule has 1 saturated heterocycles. The molecule has 16 heteroatoms. The number of nitrogens with one attached hydrogen (secondary N) is 2. The van der Waals surface area contributed by atoms with Crippen molar-refractivity contribution in [1.82, 2.24) is 45.0 Å². The number of ether oxygens (including phenoxy) is 2. The third-order valence-electron chi connectivity index (χ3n) is 10.3. The molecule has 0 bridgehead atoms. The fraction of sp³-hybridized carbons (Fsp3) is 0.273. The van der Waals surface area contributed by atoms with Crippen molar-refractivity contribution in [2.75, 3.05) is 6.61 Å². The molecule has 1 fully saturated rings. The summed E-state index contributed by atoms with van der Waals surface area (Å²) >= 11 is 2.65. The molecule has 1 aliphatic rings. The Morgan fingerprint density at radius 3 is 2.40 bits per heavy atom. The van der Waals surface area contributed by atoms with Gasteiger partial charge in [-0.1, -0.05) is 79.3 Å². The highest BCUT2D eigenvalue weighted by Gasteiger charge is 2.32. The maximum atomic E-state index is 13.8. The number of aromatic amines is 1. The van der Waals surface area contributed by atoms with E-state index in [1.165, 1.54) is 0 Å². The highest BCUT2D eigenvalue weighted by atomic mass is 32.2. The first kappa shape index (κ1) is 40.5. The molecule has 2 amide bonds. The number of tetrazole rings is 1. The van der Waals surface area contributed by atoms with Crippen molar-refractivity contribution in [1.29, 1.82) is 0 Å². The number of amides is 2. The Balaban J connectivity index is 0.992. The van der Waals surface area contributed by atoms with E-state index in [2.05, 4.69) is 70.1 Å². The lowest BCUT2D eigenvalue weighted by Crippen LogP contribution is -2.25. The molecule has 4 heterocycles. The molecule has 7 aromatic rings. The minimum Gasteiger partial charge on any atom is -0.486 e. The van der Waals surface area contributed by atoms with E-state index in [0.29, 0.717) is 42.3 Å². The minimum atomic E-state index is -0.416. The number of H-pyrrole nitrogens is 1. The van der Waals surface area contributed by atoms with Gasteiger partial charge < -0.3 is 18.6 Å². The lowest BCUT2D eigenvalue weighted by atomic mass is 9.98. The Kier molecular flexibility index (Phi) is 12.1. The molecule has 2 N–H and O–H groups in total. The van der Waals surface area contributed by atoms with Crippen molar-refractivity contribution in [2.24, 2.45) is 7.05 Å². The summed E-state index contributed by atoms with van der Waals surface area (Å²) in [6.45, 7) is 6.97. The molecule has 2 unspecified atom stereocenters. The number of rotatable bonds is 16. The number of benzene rings is 4. The van der Waals surface area contributed by atoms with Crippen LogP contribution in [-0.4, -0.2) is 68.7 Å². The van der Waals surface area contributed by atoms with Gasteiger partial charge in [0.1, 0.15) is 24.0 Å². The van der Waals surface area contributed by atoms with E-state index in [9.17, 15) is 14.4 Å². The summed E-state index contributed by atoms with van der Waals surface area (Å²) in [7, 11) is 1.97. The second-order valence-corrected chi connectivity index (χ2v) is 16.9. The van der Waals surface area contributed by atoms with Crippen LogP contribution in [0.15, 0.2) is 95.9 Å². The number of hydrogen-bond donors (Lipinski definition) is 2. The van der Waals surface area contributed by atoms with Crippen LogP contribution in [0.5, 0.6) is 5.75 Å². The smallest absolute Gasteiger partial charge is 0.356 e. The van der Waals surface area contributed by atoms with E-state index in [1.54, 1.807) is 11.8 Å². The predicted molar refractivity (Wildman–Crippen MR) is 231 cm³/mol. The molecule has 0 saturated carbocycles. The van der Waals surface area contributed by atoms with Crippen molar-refractivity contribution in [3.63, 3.8) is 0 Å². The molecule has 306 valence electrons. The summed E-state index contributed by atoms with van der Waals surface area (Å²) in [4.78, 5) is 48.3. The van der Waals surface area contributed by atoms with Gasteiger partial charge in [0.15, 0.2) is 5.69 Å². The fourth-order valence-corrected chi connectivity index (χ4v) is 9.14. The van der Waals surface area contributed by atoms with Crippen molar-refractivity contribution in [3.05, 3.63) is 125 Å². The molecule has 3 aromatic heterocycles. The number of nitrogens with zero attached hydrogens (tertiary/aromatic N) is 7. The average molecular weight is 842 g/mol. The number of imidazole rings is 2. The average Bonchev–Trinajstić information content (AvgIpc) is 4.05. The number of carbonyl (C=O) groups is 3. The largest absolute Gasteiger partial charge is 0.486 e. The number of aromatic nitrogens is 8. The highest BCUT2D eigenvalue weighted by molar-refractivity contribution is 8.15. The Morgan fingerprint density at radius 2 is 1.70 bits per heavy atom. The van der Waals surface area contributed by atoms with Crippen molar-refractivity contribution in [3.8, 4) is 28.3 Å². The fourth-order valence-electron chi connectivity index (χ4n) is 7.27. The molecular weight excluding hydrogens is 799 g/mol. The number of aryl methyl sites for hydroxylation is 2. The Morgan fingerprint density at radius 1 is 0.933 bits per heavy atom. The maximum absolute atomic E-state index is 13.8. The van der Waals surface area contributed by atoms with Gasteiger partial charge in [-0.2, -0.15) is 5.21 Å². The van der Waals surface area contributed by atoms with Crippen LogP contribution in [0.1, 0.15) is 71.4 Å². The summed E-state index contributed by atoms with van der Waals surface area (Å²) in [6, 6.07) is 29.9. The van der Waals surface area contributed by atoms with Gasteiger partial charge in [-0.25, -0.2) is 14.8 Å². The molecule has 0 spiro atoms. The molecule has 2 atom stereocenters. The lowest BCUT2D eigenvalue weighted by molar-refractivity contribution is -0.118. The topological polar surface area (TPSA) is 172 Å². The monoisotopic (exact) mass is 841 g/mol. The van der Waals surface area contributed by atoms with Crippen LogP contribution in [0.2, 0.25) is 0 Å². The Hall–Kier alpha value is -6.26. The van der Waals surface area contributed by atoms with Crippen molar-refractivity contribution < 1.29 is 23.9 Å². The van der Waals surface area contributed by atoms with Crippen molar-refractivity contribution >= 4 is 51.7 Å². The number of carbonyl (C=O) groups excluding carboxylic acids is 3. The first-order valence-electron chi connectivity index (χ1n) is 19.7. The number of esters is 1. The second kappa shape index (κ2) is 17.9. The Bertz CT molecular complexity index is 2660. The normalized spacial score (nSPS) is 14.4. The van der Waals surface area contributed by atoms with Gasteiger partial charge in [0.25, 0.3) is 5.24 Å². The van der Waals surface area contributed by atoms with Crippen LogP contribution in [0.3, 0.4) is 0 Å². The first-order valence-corrected chi connectivity index (χ1v) is 21.5. The van der Waals surface area contributed by atoms with Gasteiger partial charge in [-0.3, -0.25) is 14.9 Å². The summed E-state index contributed by atoms with van der Waals surface area (Å²) in [5.41, 5.74) is 7.81. The summed E-state index contributed by atoms with van der Waals surface area (Å²) < 4.78 is 15.8. The van der Waals surface area contributed by atoms with Crippen LogP contribution in [0.25, 0.3) is 33.5 Å². The standard InChI is InChI=1S/C44H43N9O5S2/c1-5-9-37-46-39(40(43(55)57-6-2)53(37)24-28-12-16-29(17-13-28)32-10-7-8-11-33(32)41-48-50-51-49-41)26(3)59-31-20-21-34-35(23-31)52(4)38(45-34)25-58-30-18-14-27(15-19-30)22-36-42(54)47-44(56)60-36/h7-8,10-21,23,26,36H,5-6,9,22,24-25H2,1-4H3,(H,47,54,56)(H,48,49,50,51). The maximum Gasteiger partial charge on any atom is 0.356 e. The van der Waals surface area contributed by atoms with Gasteiger partial charge >= 0.3 is 5.97 Å². The molecule has 0 aliphatic carbocycles. The molecule has 4 aromatic carbocycles. The van der Waals surface area contributed by atoms with E-state index in [0.717, 1.165) is 73.6 Å². The van der Waals surface area contributed by atoms with E-state index < -0.39 is 11.2 Å². The van der Waals surface area contributed by atoms with E-state index in [-0.39, 0.29) is 29.6 Å². The number of imide groups is 1. The summed E-state index contributed by atoms with van der Waals surface area (Å²) in [6.07, 6.45) is 2.04. The molecule has 1 aliphatic heterocycles. The second-order valence-electron chi connectivity index (χ2n) is 14.3. The van der Waals surface area contributed by atoms with Crippen LogP contribution in [0.4, 0.5) is 4.79 Å². The summed E-state index contributed by atoms with van der Waals surface area (Å²) in [5, 5.41) is 16.1. The third kappa shape index (κ3) is 8.70. The van der Waals surface area contributed by atoms with Crippen LogP contribution in [-0.2, 0) is 42.6 Å². The molecular formula is C44H43N9O5S2. The SMILES string of the molecule is CCCc1nc(C(C)Sc2ccc3nc(COc4ccc(CC5SC(=O)NC5=O)cc4)n(C)c3c2)c(C(=O)OCC)n1Cc1ccc(-c2ccccc2-c2nn[nH]n2)cc1. The number of thioether (sulfide) groups is 2. The molecule has 14 nitrogen and oxygen atoms in total. The third-order valence-corrected chi connectivity index (χ3v) is 12.3. The van der Waals surface area contributed by atoms with Crippen LogP contribution >= 0.6 is 23.5 Å². The van der Waals surface area contributed by atoms with Crippen LogP contribution in [0, 0.1) is 0 Å². The number of hydrogen-bond acceptors (Lipinski definition) is 12. The zero-order valence-electron chi connectivity index (χ0n) is 33.5. The van der Waals surface area contributed by atoms with Gasteiger partial charge in [0, 0.05) is 30.5 Å². The summed E-state index contributed by atoms with van der Waals surface area (Å²) in [5.74, 6) is 2.16. The molecule has 60 heavy (non-hydrogen) atoms. The van der Waals surface area contributed by atoms with Gasteiger partial charge in [0.05, 0.1) is 33.8 Å². The van der Waals surface area contributed by atoms with Gasteiger partial charge in [-0.05, 0) is 84.5 Å². The van der Waals surface area contributed by atoms with Gasteiger partial charge in [0.2, 0.25) is 11.7 Å². The number of fused-ring (bicyclic) bond motifs is 1. The lowest BCUT2D eigenvalue weighted by Gasteiger charge is -2.15. The zero-order chi connectivity index (χ0) is 41.8. The van der Waals surface area contributed by atoms with E-state index in [1.807, 2.05) is 83.8 Å². The minimum absolute atomic E-state index is 0.177. The predicted octanol–water partition coefficient (Wildman–Crippen LogP) is 8.12. The molecule has 0 radical (unpaired) electrons. The van der Waals surface area contributed by atoms with E-state index in [4.69, 9.17) is 19.4 Å². The van der Waals surface area contributed by atoms with Crippen LogP contribution < -0.4 is 10.1 Å². The van der Waals surface area contributed by atoms with E-state index >= 15 is 0 Å². The quantitative estimate of drug-likeness (QED) is 0.0708. The van der Waals surface area contributed by atoms with Crippen molar-refractivity contribution in [2.45, 2.75) is 68.6 Å². The molecule has 8 rings (SSSR count). The van der Waals surface area contributed by atoms with Gasteiger partial charge in [-0.15, -0.1) is 22.0 Å². The zero-order valence-corrected chi connectivity index (χ0v) is 35.2.